The lowest BCUT2D eigenvalue weighted by Crippen LogP contribution is -2.32. The van der Waals surface area contributed by atoms with Crippen molar-refractivity contribution in [1.82, 2.24) is 0 Å². The maximum absolute atomic E-state index is 11.4. The van der Waals surface area contributed by atoms with Gasteiger partial charge < -0.3 is 5.11 Å². The van der Waals surface area contributed by atoms with Crippen LogP contribution in [0.2, 0.25) is 0 Å². The molecule has 9 heteroatoms. The van der Waals surface area contributed by atoms with Crippen molar-refractivity contribution in [2.45, 2.75) is 9.22 Å². The van der Waals surface area contributed by atoms with Crippen LogP contribution in [-0.4, -0.2) is 27.8 Å². The van der Waals surface area contributed by atoms with E-state index < -0.39 is 24.0 Å². The van der Waals surface area contributed by atoms with E-state index in [2.05, 4.69) is 15.9 Å². The maximum atomic E-state index is 11.4. The molecule has 0 bridgehead atoms. The molecule has 1 N–H and O–H groups in total. The van der Waals surface area contributed by atoms with Crippen molar-refractivity contribution >= 4 is 43.1 Å². The Hall–Kier alpha value is -0.700. The summed E-state index contributed by atoms with van der Waals surface area (Å²) in [6.07, 6.45) is -0.696. The Morgan fingerprint density at radius 2 is 1.89 bits per heavy atom. The molecule has 0 radical (unpaired) electrons. The number of nitrogens with zero attached hydrogens (tertiary/aromatic N) is 1. The molecule has 0 aliphatic heterocycles. The van der Waals surface area contributed by atoms with E-state index in [-0.39, 0.29) is 11.3 Å². The maximum Gasteiger partial charge on any atom is 0.269 e. The van der Waals surface area contributed by atoms with Crippen molar-refractivity contribution in [3.8, 4) is 0 Å². The summed E-state index contributed by atoms with van der Waals surface area (Å²) in [5, 5.41) is 20.3. The van der Waals surface area contributed by atoms with Gasteiger partial charge in [-0.1, -0.05) is 11.6 Å². The third-order valence-corrected chi connectivity index (χ3v) is 6.69. The zero-order valence-corrected chi connectivity index (χ0v) is 12.2. The number of halogens is 2. The normalized spacial score (nSPS) is 16.9. The number of nitro groups is 1. The third-order valence-electron chi connectivity index (χ3n) is 2.23. The number of nitro benzene ring substituents is 1. The van der Waals surface area contributed by atoms with Crippen LogP contribution in [-0.2, 0) is 9.84 Å². The molecule has 0 fully saturated rings. The Bertz CT molecular complexity index is 557. The number of hydrogen-bond acceptors (Lipinski definition) is 5. The summed E-state index contributed by atoms with van der Waals surface area (Å²) in [4.78, 5) is 9.85. The molecular formula is C9H9BrClNO5S. The van der Waals surface area contributed by atoms with Crippen LogP contribution >= 0.6 is 27.5 Å². The van der Waals surface area contributed by atoms with Crippen molar-refractivity contribution in [2.24, 2.45) is 0 Å². The highest BCUT2D eigenvalue weighted by Crippen LogP contribution is 2.42. The number of aliphatic hydroxyl groups is 1. The standard InChI is InChI=1S/C9H9BrClNO5S/c1-18(16,17)9(10,11)8(13)6-2-4-7(5-3-6)12(14)15/h2-5,8,13H,1H3/t8-,9-/m0/s1. The van der Waals surface area contributed by atoms with Crippen LogP contribution in [0, 0.1) is 10.1 Å². The van der Waals surface area contributed by atoms with E-state index in [9.17, 15) is 23.6 Å². The Morgan fingerprint density at radius 1 is 1.44 bits per heavy atom. The molecule has 0 spiro atoms. The van der Waals surface area contributed by atoms with Gasteiger partial charge in [-0.05, 0) is 33.6 Å². The van der Waals surface area contributed by atoms with E-state index >= 15 is 0 Å². The molecule has 0 heterocycles. The number of benzene rings is 1. The molecule has 0 amide bonds. The molecule has 6 nitrogen and oxygen atoms in total. The Labute approximate surface area is 117 Å². The molecular weight excluding hydrogens is 350 g/mol. The summed E-state index contributed by atoms with van der Waals surface area (Å²) < 4.78 is 20.7. The zero-order chi connectivity index (χ0) is 14.1. The average Bonchev–Trinajstić information content (AvgIpc) is 2.26. The Kier molecular flexibility index (Phi) is 4.37. The predicted molar refractivity (Wildman–Crippen MR) is 70.4 cm³/mol. The lowest BCUT2D eigenvalue weighted by atomic mass is 10.1. The fourth-order valence-electron chi connectivity index (χ4n) is 1.18. The molecule has 1 aromatic rings. The van der Waals surface area contributed by atoms with Crippen LogP contribution < -0.4 is 0 Å². The number of non-ortho nitro benzene ring substituents is 1. The Balaban J connectivity index is 3.12. The topological polar surface area (TPSA) is 97.5 Å². The smallest absolute Gasteiger partial charge is 0.269 e. The first kappa shape index (κ1) is 15.4. The highest BCUT2D eigenvalue weighted by atomic mass is 79.9. The molecule has 18 heavy (non-hydrogen) atoms. The van der Waals surface area contributed by atoms with Gasteiger partial charge in [0.25, 0.3) is 5.69 Å². The van der Waals surface area contributed by atoms with E-state index in [0.29, 0.717) is 0 Å². The van der Waals surface area contributed by atoms with Gasteiger partial charge in [0.2, 0.25) is 3.12 Å². The summed E-state index contributed by atoms with van der Waals surface area (Å²) in [5.41, 5.74) is -0.0158. The van der Waals surface area contributed by atoms with Crippen molar-refractivity contribution in [2.75, 3.05) is 6.26 Å². The molecule has 0 aliphatic rings. The number of hydrogen-bond donors (Lipinski definition) is 1. The number of aliphatic hydroxyl groups excluding tert-OH is 1. The number of alkyl halides is 2. The minimum Gasteiger partial charge on any atom is -0.385 e. The first-order chi connectivity index (χ1) is 8.07. The van der Waals surface area contributed by atoms with Crippen LogP contribution in [0.15, 0.2) is 24.3 Å². The lowest BCUT2D eigenvalue weighted by Gasteiger charge is -2.24. The summed E-state index contributed by atoms with van der Waals surface area (Å²) in [5.74, 6) is 0. The van der Waals surface area contributed by atoms with Crippen LogP contribution in [0.25, 0.3) is 0 Å². The van der Waals surface area contributed by atoms with Crippen molar-refractivity contribution in [3.63, 3.8) is 0 Å². The fraction of sp³-hybridized carbons (Fsp3) is 0.333. The highest BCUT2D eigenvalue weighted by Gasteiger charge is 2.44. The molecule has 0 aliphatic carbocycles. The summed E-state index contributed by atoms with van der Waals surface area (Å²) in [6.45, 7) is 0. The van der Waals surface area contributed by atoms with Crippen molar-refractivity contribution in [3.05, 3.63) is 39.9 Å². The summed E-state index contributed by atoms with van der Waals surface area (Å²) >= 11 is 8.49. The first-order valence-corrected chi connectivity index (χ1v) is 7.63. The van der Waals surface area contributed by atoms with Crippen molar-refractivity contribution < 1.29 is 18.4 Å². The van der Waals surface area contributed by atoms with E-state index in [0.717, 1.165) is 18.4 Å². The number of rotatable bonds is 4. The Morgan fingerprint density at radius 3 is 2.22 bits per heavy atom. The molecule has 0 saturated heterocycles. The molecule has 2 atom stereocenters. The van der Waals surface area contributed by atoms with Gasteiger partial charge >= 0.3 is 0 Å². The van der Waals surface area contributed by atoms with Gasteiger partial charge in [-0.2, -0.15) is 0 Å². The van der Waals surface area contributed by atoms with Crippen LogP contribution in [0.4, 0.5) is 5.69 Å². The molecule has 100 valence electrons. The van der Waals surface area contributed by atoms with Crippen molar-refractivity contribution in [1.29, 1.82) is 0 Å². The monoisotopic (exact) mass is 357 g/mol. The van der Waals surface area contributed by atoms with Crippen LogP contribution in [0.1, 0.15) is 11.7 Å². The largest absolute Gasteiger partial charge is 0.385 e. The van der Waals surface area contributed by atoms with E-state index in [1.165, 1.54) is 12.1 Å². The minimum absolute atomic E-state index is 0.151. The molecule has 1 aromatic carbocycles. The minimum atomic E-state index is -3.78. The van der Waals surface area contributed by atoms with Gasteiger partial charge in [-0.3, -0.25) is 10.1 Å². The quantitative estimate of drug-likeness (QED) is 0.504. The van der Waals surface area contributed by atoms with Gasteiger partial charge in [0.15, 0.2) is 9.84 Å². The van der Waals surface area contributed by atoms with Crippen LogP contribution in [0.5, 0.6) is 0 Å². The second-order valence-electron chi connectivity index (χ2n) is 3.59. The fourth-order valence-corrected chi connectivity index (χ4v) is 2.11. The summed E-state index contributed by atoms with van der Waals surface area (Å²) in [7, 11) is -3.78. The van der Waals surface area contributed by atoms with Gasteiger partial charge in [0.05, 0.1) is 4.92 Å². The SMILES string of the molecule is CS(=O)(=O)[C@](Cl)(Br)[C@@H](O)c1ccc([N+](=O)[O-])cc1. The van der Waals surface area contributed by atoms with E-state index in [1.54, 1.807) is 0 Å². The third kappa shape index (κ3) is 3.00. The van der Waals surface area contributed by atoms with E-state index in [4.69, 9.17) is 11.6 Å². The zero-order valence-electron chi connectivity index (χ0n) is 9.08. The second-order valence-corrected chi connectivity index (χ2v) is 8.83. The number of sulfone groups is 1. The average molecular weight is 359 g/mol. The van der Waals surface area contributed by atoms with Gasteiger partial charge in [-0.25, -0.2) is 8.42 Å². The molecule has 0 saturated carbocycles. The summed E-state index contributed by atoms with van der Waals surface area (Å²) in [6, 6.07) is 4.79. The predicted octanol–water partition coefficient (Wildman–Crippen LogP) is 1.96. The second kappa shape index (κ2) is 5.12. The van der Waals surface area contributed by atoms with Gasteiger partial charge in [0, 0.05) is 18.4 Å². The van der Waals surface area contributed by atoms with Crippen LogP contribution in [0.3, 0.4) is 0 Å². The molecule has 0 unspecified atom stereocenters. The van der Waals surface area contributed by atoms with E-state index in [1.807, 2.05) is 0 Å². The first-order valence-electron chi connectivity index (χ1n) is 4.57. The highest BCUT2D eigenvalue weighted by molar-refractivity contribution is 9.12. The molecule has 1 rings (SSSR count). The van der Waals surface area contributed by atoms with Gasteiger partial charge in [0.1, 0.15) is 6.10 Å². The van der Waals surface area contributed by atoms with Gasteiger partial charge in [-0.15, -0.1) is 0 Å². The lowest BCUT2D eigenvalue weighted by molar-refractivity contribution is -0.384. The molecule has 0 aromatic heterocycles.